The first-order valence-electron chi connectivity index (χ1n) is 10.5. The molecule has 0 spiro atoms. The number of benzene rings is 2. The Kier molecular flexibility index (Phi) is 5.77. The second-order valence-electron chi connectivity index (χ2n) is 8.68. The highest BCUT2D eigenvalue weighted by Crippen LogP contribution is 2.46. The molecule has 0 aromatic heterocycles. The van der Waals surface area contributed by atoms with Crippen molar-refractivity contribution < 1.29 is 41.2 Å². The molecule has 190 valence electrons. The quantitative estimate of drug-likeness (QED) is 0.363. The Labute approximate surface area is 200 Å². The monoisotopic (exact) mass is 511 g/mol. The highest BCUT2D eigenvalue weighted by atomic mass is 19.4. The molecule has 0 saturated carbocycles. The number of non-ortho nitro benzene ring substituents is 1. The van der Waals surface area contributed by atoms with E-state index in [9.17, 15) is 41.7 Å². The Morgan fingerprint density at radius 3 is 2.42 bits per heavy atom. The van der Waals surface area contributed by atoms with Crippen LogP contribution in [0.2, 0.25) is 0 Å². The number of carbonyl (C=O) groups excluding carboxylic acids is 2. The number of alkyl halides is 5. The molecular weight excluding hydrogens is 493 g/mol. The molecule has 1 N–H and O–H groups in total. The number of nitrogens with one attached hydrogen (secondary N) is 1. The Morgan fingerprint density at radius 2 is 1.81 bits per heavy atom. The van der Waals surface area contributed by atoms with Gasteiger partial charge in [0.25, 0.3) is 11.6 Å². The highest BCUT2D eigenvalue weighted by Gasteiger charge is 2.63. The third-order valence-corrected chi connectivity index (χ3v) is 5.97. The molecule has 0 unspecified atom stereocenters. The van der Waals surface area contributed by atoms with Crippen LogP contribution in [0.5, 0.6) is 5.75 Å². The van der Waals surface area contributed by atoms with Crippen LogP contribution in [0.25, 0.3) is 5.70 Å². The topological polar surface area (TPSA) is 102 Å². The summed E-state index contributed by atoms with van der Waals surface area (Å²) in [5.41, 5.74) is -0.799. The second kappa shape index (κ2) is 8.28. The highest BCUT2D eigenvalue weighted by molar-refractivity contribution is 6.04. The summed E-state index contributed by atoms with van der Waals surface area (Å²) in [5, 5.41) is 13.0. The van der Waals surface area contributed by atoms with Crippen LogP contribution in [0.15, 0.2) is 48.0 Å². The first kappa shape index (κ1) is 25.1. The molecule has 13 heteroatoms. The van der Waals surface area contributed by atoms with E-state index in [1.165, 1.54) is 30.9 Å². The minimum atomic E-state index is -6.12. The maximum absolute atomic E-state index is 13.6. The summed E-state index contributed by atoms with van der Waals surface area (Å²) in [4.78, 5) is 37.0. The molecular formula is C23H18F5N3O5. The third-order valence-electron chi connectivity index (χ3n) is 5.97. The number of rotatable bonds is 5. The summed E-state index contributed by atoms with van der Waals surface area (Å²) < 4.78 is 71.0. The van der Waals surface area contributed by atoms with Crippen molar-refractivity contribution in [1.82, 2.24) is 10.2 Å². The van der Waals surface area contributed by atoms with Gasteiger partial charge in [-0.15, -0.1) is 0 Å². The number of nitrogens with zero attached hydrogens (tertiary/aromatic N) is 2. The van der Waals surface area contributed by atoms with Gasteiger partial charge in [0.05, 0.1) is 17.2 Å². The van der Waals surface area contributed by atoms with E-state index >= 15 is 0 Å². The molecule has 0 radical (unpaired) electrons. The van der Waals surface area contributed by atoms with Crippen LogP contribution in [-0.2, 0) is 11.3 Å². The molecule has 8 nitrogen and oxygen atoms in total. The Hall–Kier alpha value is -4.03. The van der Waals surface area contributed by atoms with E-state index in [1.807, 2.05) is 0 Å². The van der Waals surface area contributed by atoms with Crippen molar-refractivity contribution >= 4 is 23.2 Å². The van der Waals surface area contributed by atoms with Crippen molar-refractivity contribution in [3.8, 4) is 5.75 Å². The Bertz CT molecular complexity index is 1320. The molecule has 2 amide bonds. The second-order valence-corrected chi connectivity index (χ2v) is 8.68. The fraction of sp³-hybridized carbons (Fsp3) is 0.304. The number of nitro benzene ring substituents is 1. The smallest absolute Gasteiger partial charge is 0.463 e. The summed E-state index contributed by atoms with van der Waals surface area (Å²) in [6.07, 6.45) is -6.12. The molecule has 0 atom stereocenters. The van der Waals surface area contributed by atoms with Crippen LogP contribution in [-0.4, -0.2) is 45.9 Å². The molecule has 2 aromatic rings. The molecule has 0 aliphatic carbocycles. The number of nitro groups is 1. The number of carbonyl (C=O) groups is 2. The molecule has 2 heterocycles. The van der Waals surface area contributed by atoms with Gasteiger partial charge in [0.1, 0.15) is 11.4 Å². The van der Waals surface area contributed by atoms with Crippen LogP contribution in [0.4, 0.5) is 27.6 Å². The zero-order valence-corrected chi connectivity index (χ0v) is 18.8. The Morgan fingerprint density at radius 1 is 1.14 bits per heavy atom. The van der Waals surface area contributed by atoms with E-state index in [4.69, 9.17) is 4.74 Å². The van der Waals surface area contributed by atoms with E-state index in [0.29, 0.717) is 11.1 Å². The van der Waals surface area contributed by atoms with Gasteiger partial charge in [0.2, 0.25) is 0 Å². The summed E-state index contributed by atoms with van der Waals surface area (Å²) >= 11 is 0. The lowest BCUT2D eigenvalue weighted by atomic mass is 9.88. The lowest BCUT2D eigenvalue weighted by Crippen LogP contribution is -2.52. The molecule has 0 saturated heterocycles. The first-order chi connectivity index (χ1) is 16.6. The average Bonchev–Trinajstić information content (AvgIpc) is 3.11. The van der Waals surface area contributed by atoms with Gasteiger partial charge < -0.3 is 15.0 Å². The zero-order chi connectivity index (χ0) is 26.6. The van der Waals surface area contributed by atoms with Gasteiger partial charge in [-0.1, -0.05) is 18.2 Å². The van der Waals surface area contributed by atoms with Gasteiger partial charge >= 0.3 is 18.0 Å². The van der Waals surface area contributed by atoms with E-state index in [1.54, 1.807) is 29.6 Å². The van der Waals surface area contributed by atoms with Gasteiger partial charge in [-0.05, 0) is 31.5 Å². The lowest BCUT2D eigenvalue weighted by Gasteiger charge is -2.39. The van der Waals surface area contributed by atoms with Gasteiger partial charge in [-0.25, -0.2) is 0 Å². The number of halogens is 5. The van der Waals surface area contributed by atoms with Crippen molar-refractivity contribution in [3.05, 3.63) is 74.8 Å². The number of ether oxygens (including phenoxy) is 1. The number of hydrogen-bond acceptors (Lipinski definition) is 5. The number of amides is 2. The Balaban J connectivity index is 1.86. The average molecular weight is 511 g/mol. The van der Waals surface area contributed by atoms with Gasteiger partial charge in [-0.2, -0.15) is 22.0 Å². The van der Waals surface area contributed by atoms with Crippen molar-refractivity contribution in [2.45, 2.75) is 38.1 Å². The van der Waals surface area contributed by atoms with E-state index in [2.05, 4.69) is 0 Å². The van der Waals surface area contributed by atoms with Crippen LogP contribution < -0.4 is 10.1 Å². The summed E-state index contributed by atoms with van der Waals surface area (Å²) in [6, 6.07) is 10.1. The van der Waals surface area contributed by atoms with E-state index in [-0.39, 0.29) is 34.8 Å². The normalized spacial score (nSPS) is 16.9. The minimum absolute atomic E-state index is 0.00128. The molecule has 2 aromatic carbocycles. The molecule has 2 aliphatic rings. The van der Waals surface area contributed by atoms with Gasteiger partial charge in [0, 0.05) is 35.4 Å². The molecule has 2 aliphatic heterocycles. The number of hydrogen-bond donors (Lipinski definition) is 1. The van der Waals surface area contributed by atoms with Gasteiger partial charge in [0.15, 0.2) is 0 Å². The molecule has 0 bridgehead atoms. The van der Waals surface area contributed by atoms with Crippen LogP contribution in [0, 0.1) is 10.1 Å². The standard InChI is InChI=1S/C23H18F5N3O5/c1-21(2)16(10-29-20(33)22(24,25)23(26,27)28)18(15-9-13(31(34)35)7-8-17(15)36-21)30-11-12-5-3-4-6-14(12)19(30)32/h3-9H,10-11H2,1-2H3,(H,29,33). The number of fused-ring (bicyclic) bond motifs is 2. The zero-order valence-electron chi connectivity index (χ0n) is 18.8. The largest absolute Gasteiger partial charge is 0.483 e. The van der Waals surface area contributed by atoms with Crippen LogP contribution in [0.3, 0.4) is 0 Å². The van der Waals surface area contributed by atoms with Gasteiger partial charge in [-0.3, -0.25) is 19.7 Å². The molecule has 0 fully saturated rings. The SMILES string of the molecule is CC1(C)Oc2ccc([N+](=O)[O-])cc2C(N2Cc3ccccc3C2=O)=C1CNC(=O)C(F)(F)C(F)(F)F. The fourth-order valence-corrected chi connectivity index (χ4v) is 4.14. The van der Waals surface area contributed by atoms with Crippen LogP contribution in [0.1, 0.15) is 35.3 Å². The summed E-state index contributed by atoms with van der Waals surface area (Å²) in [5.74, 6) is -8.64. The predicted octanol–water partition coefficient (Wildman–Crippen LogP) is 4.45. The van der Waals surface area contributed by atoms with Crippen molar-refractivity contribution in [2.75, 3.05) is 6.54 Å². The maximum Gasteiger partial charge on any atom is 0.463 e. The molecule has 4 rings (SSSR count). The lowest BCUT2D eigenvalue weighted by molar-refractivity contribution is -0.384. The molecule has 36 heavy (non-hydrogen) atoms. The van der Waals surface area contributed by atoms with Crippen molar-refractivity contribution in [3.63, 3.8) is 0 Å². The predicted molar refractivity (Wildman–Crippen MR) is 115 cm³/mol. The summed E-state index contributed by atoms with van der Waals surface area (Å²) in [6.45, 7) is 2.08. The maximum atomic E-state index is 13.6. The van der Waals surface area contributed by atoms with Crippen LogP contribution >= 0.6 is 0 Å². The third kappa shape index (κ3) is 4.03. The fourth-order valence-electron chi connectivity index (χ4n) is 4.14. The van der Waals surface area contributed by atoms with E-state index < -0.39 is 41.0 Å². The first-order valence-corrected chi connectivity index (χ1v) is 10.5. The van der Waals surface area contributed by atoms with E-state index in [0.717, 1.165) is 6.07 Å². The van der Waals surface area contributed by atoms with Crippen molar-refractivity contribution in [2.24, 2.45) is 0 Å². The summed E-state index contributed by atoms with van der Waals surface area (Å²) in [7, 11) is 0. The minimum Gasteiger partial charge on any atom is -0.483 e. The van der Waals surface area contributed by atoms with Crippen molar-refractivity contribution in [1.29, 1.82) is 0 Å².